The number of hydrogen-bond acceptors (Lipinski definition) is 3. The molecule has 2 unspecified atom stereocenters. The van der Waals surface area contributed by atoms with E-state index in [-0.39, 0.29) is 11.4 Å². The van der Waals surface area contributed by atoms with Crippen LogP contribution in [0.1, 0.15) is 50.1 Å². The van der Waals surface area contributed by atoms with E-state index in [1.165, 1.54) is 11.3 Å². The minimum Gasteiger partial charge on any atom is -0.338 e. The number of hydrogen-bond donors (Lipinski definition) is 1. The quantitative estimate of drug-likeness (QED) is 0.869. The molecule has 1 aliphatic carbocycles. The molecule has 29 heavy (non-hydrogen) atoms. The highest BCUT2D eigenvalue weighted by molar-refractivity contribution is 5.75. The third-order valence-corrected chi connectivity index (χ3v) is 6.71. The molecule has 1 spiro atoms. The van der Waals surface area contributed by atoms with Gasteiger partial charge in [0.1, 0.15) is 0 Å². The molecule has 1 N–H and O–H groups in total. The highest BCUT2D eigenvalue weighted by Gasteiger charge is 2.46. The van der Waals surface area contributed by atoms with Crippen LogP contribution in [0.2, 0.25) is 0 Å². The lowest BCUT2D eigenvalue weighted by molar-refractivity contribution is 0.205. The number of pyridine rings is 1. The number of aromatic nitrogens is 3. The molecular weight excluding hydrogens is 362 g/mol. The van der Waals surface area contributed by atoms with E-state index in [9.17, 15) is 4.79 Å². The lowest BCUT2D eigenvalue weighted by Crippen LogP contribution is -2.40. The minimum absolute atomic E-state index is 0.0493. The van der Waals surface area contributed by atoms with Crippen LogP contribution in [0.4, 0.5) is 4.79 Å². The first-order valence-electron chi connectivity index (χ1n) is 10.9. The van der Waals surface area contributed by atoms with Gasteiger partial charge in [-0.05, 0) is 55.4 Å². The van der Waals surface area contributed by atoms with E-state index < -0.39 is 0 Å². The smallest absolute Gasteiger partial charge is 0.317 e. The van der Waals surface area contributed by atoms with Crippen molar-refractivity contribution in [2.24, 2.45) is 5.92 Å². The minimum atomic E-state index is 0.0493. The van der Waals surface area contributed by atoms with E-state index in [2.05, 4.69) is 53.1 Å². The molecule has 2 amide bonds. The number of carbonyl (C=O) groups excluding carboxylic acids is 1. The number of likely N-dealkylation sites (tertiary alicyclic amines) is 1. The molecule has 1 fully saturated rings. The lowest BCUT2D eigenvalue weighted by atomic mass is 9.82. The zero-order valence-corrected chi connectivity index (χ0v) is 17.3. The lowest BCUT2D eigenvalue weighted by Gasteiger charge is -2.23. The van der Waals surface area contributed by atoms with Gasteiger partial charge in [0.25, 0.3) is 0 Å². The molecule has 2 atom stereocenters. The van der Waals surface area contributed by atoms with Gasteiger partial charge in [-0.3, -0.25) is 9.67 Å². The maximum Gasteiger partial charge on any atom is 0.317 e. The Kier molecular flexibility index (Phi) is 4.45. The summed E-state index contributed by atoms with van der Waals surface area (Å²) >= 11 is 0. The summed E-state index contributed by atoms with van der Waals surface area (Å²) in [7, 11) is 0. The van der Waals surface area contributed by atoms with Gasteiger partial charge in [-0.25, -0.2) is 4.79 Å². The number of nitrogens with one attached hydrogen (secondary N) is 1. The molecule has 1 saturated heterocycles. The van der Waals surface area contributed by atoms with Crippen LogP contribution >= 0.6 is 0 Å². The zero-order chi connectivity index (χ0) is 20.0. The molecule has 0 saturated carbocycles. The number of aryl methyl sites for hydroxylation is 1. The van der Waals surface area contributed by atoms with Crippen molar-refractivity contribution in [3.8, 4) is 11.3 Å². The van der Waals surface area contributed by atoms with E-state index in [1.54, 1.807) is 0 Å². The van der Waals surface area contributed by atoms with Gasteiger partial charge < -0.3 is 10.2 Å². The van der Waals surface area contributed by atoms with E-state index >= 15 is 0 Å². The van der Waals surface area contributed by atoms with Crippen molar-refractivity contribution < 1.29 is 4.79 Å². The van der Waals surface area contributed by atoms with Gasteiger partial charge in [0.2, 0.25) is 0 Å². The number of rotatable bonds is 3. The Bertz CT molecular complexity index is 978. The number of urea groups is 1. The fourth-order valence-electron chi connectivity index (χ4n) is 5.05. The van der Waals surface area contributed by atoms with Crippen molar-refractivity contribution in [2.45, 2.75) is 51.5 Å². The van der Waals surface area contributed by atoms with E-state index in [0.717, 1.165) is 68.8 Å². The van der Waals surface area contributed by atoms with Crippen LogP contribution in [-0.4, -0.2) is 45.3 Å². The summed E-state index contributed by atoms with van der Waals surface area (Å²) in [4.78, 5) is 19.1. The predicted octanol–water partition coefficient (Wildman–Crippen LogP) is 3.62. The summed E-state index contributed by atoms with van der Waals surface area (Å²) in [6.07, 6.45) is 10.4. The first kappa shape index (κ1) is 18.4. The van der Waals surface area contributed by atoms with Crippen LogP contribution in [0.15, 0.2) is 24.4 Å². The fraction of sp³-hybridized carbons (Fsp3) is 0.522. The summed E-state index contributed by atoms with van der Waals surface area (Å²) in [6.45, 7) is 7.60. The van der Waals surface area contributed by atoms with Crippen molar-refractivity contribution in [1.82, 2.24) is 25.0 Å². The summed E-state index contributed by atoms with van der Waals surface area (Å²) in [5, 5.41) is 7.93. The normalized spacial score (nSPS) is 24.8. The summed E-state index contributed by atoms with van der Waals surface area (Å²) in [6, 6.07) is 4.57. The second-order valence-electron chi connectivity index (χ2n) is 8.88. The van der Waals surface area contributed by atoms with E-state index in [0.29, 0.717) is 5.92 Å². The van der Waals surface area contributed by atoms with Crippen LogP contribution in [0.5, 0.6) is 0 Å². The molecule has 2 aromatic rings. The average Bonchev–Trinajstić information content (AvgIpc) is 3.42. The Morgan fingerprint density at radius 2 is 2.17 bits per heavy atom. The second-order valence-corrected chi connectivity index (χ2v) is 8.88. The maximum atomic E-state index is 12.4. The van der Waals surface area contributed by atoms with Crippen molar-refractivity contribution in [3.05, 3.63) is 41.4 Å². The molecule has 2 aliphatic heterocycles. The van der Waals surface area contributed by atoms with Gasteiger partial charge in [0.05, 0.1) is 11.4 Å². The highest BCUT2D eigenvalue weighted by atomic mass is 16.2. The molecule has 6 heteroatoms. The van der Waals surface area contributed by atoms with Crippen LogP contribution in [0.25, 0.3) is 17.3 Å². The van der Waals surface area contributed by atoms with Crippen LogP contribution in [-0.2, 0) is 18.4 Å². The molecule has 5 rings (SSSR count). The van der Waals surface area contributed by atoms with Gasteiger partial charge in [-0.1, -0.05) is 19.9 Å². The van der Waals surface area contributed by atoms with Crippen molar-refractivity contribution in [3.63, 3.8) is 0 Å². The third-order valence-electron chi connectivity index (χ3n) is 6.71. The second kappa shape index (κ2) is 7.01. The molecule has 2 aromatic heterocycles. The number of carbonyl (C=O) groups is 1. The van der Waals surface area contributed by atoms with Crippen LogP contribution in [0.3, 0.4) is 0 Å². The fourth-order valence-corrected chi connectivity index (χ4v) is 5.05. The van der Waals surface area contributed by atoms with Gasteiger partial charge in [-0.2, -0.15) is 5.10 Å². The Balaban J connectivity index is 1.39. The summed E-state index contributed by atoms with van der Waals surface area (Å²) < 4.78 is 2.16. The third kappa shape index (κ3) is 3.15. The molecule has 4 heterocycles. The standard InChI is InChI=1S/C23H29N5O/c1-3-8-24-22(29)27-9-6-23(15-27)7-10-28-21(23)13-20(26-28)18-12-17-11-16(2)4-5-19(17)25-14-18/h4-5,12-14,16H,3,6-11,15H2,1-2H3,(H,24,29). The average molecular weight is 392 g/mol. The Labute approximate surface area is 172 Å². The Morgan fingerprint density at radius 3 is 3.03 bits per heavy atom. The highest BCUT2D eigenvalue weighted by Crippen LogP contribution is 2.43. The zero-order valence-electron chi connectivity index (χ0n) is 17.3. The number of allylic oxidation sites excluding steroid dienone is 1. The first-order chi connectivity index (χ1) is 14.1. The molecule has 6 nitrogen and oxygen atoms in total. The van der Waals surface area contributed by atoms with Crippen LogP contribution < -0.4 is 5.32 Å². The van der Waals surface area contributed by atoms with Crippen molar-refractivity contribution in [1.29, 1.82) is 0 Å². The number of amides is 2. The molecule has 0 aromatic carbocycles. The maximum absolute atomic E-state index is 12.4. The molecule has 152 valence electrons. The molecular formula is C23H29N5O. The monoisotopic (exact) mass is 391 g/mol. The number of nitrogens with zero attached hydrogens (tertiary/aromatic N) is 4. The Morgan fingerprint density at radius 1 is 1.31 bits per heavy atom. The molecule has 3 aliphatic rings. The van der Waals surface area contributed by atoms with Crippen LogP contribution in [0, 0.1) is 5.92 Å². The molecule has 0 radical (unpaired) electrons. The van der Waals surface area contributed by atoms with E-state index in [4.69, 9.17) is 5.10 Å². The van der Waals surface area contributed by atoms with Gasteiger partial charge >= 0.3 is 6.03 Å². The van der Waals surface area contributed by atoms with Crippen molar-refractivity contribution >= 4 is 12.1 Å². The largest absolute Gasteiger partial charge is 0.338 e. The van der Waals surface area contributed by atoms with Crippen molar-refractivity contribution in [2.75, 3.05) is 19.6 Å². The topological polar surface area (TPSA) is 63.1 Å². The van der Waals surface area contributed by atoms with E-state index in [1.807, 2.05) is 11.1 Å². The predicted molar refractivity (Wildman–Crippen MR) is 114 cm³/mol. The van der Waals surface area contributed by atoms with Gasteiger partial charge in [-0.15, -0.1) is 0 Å². The van der Waals surface area contributed by atoms with Gasteiger partial charge in [0, 0.05) is 49.0 Å². The SMILES string of the molecule is CCCNC(=O)N1CCC2(CCn3nc(-c4cnc5c(c4)CC(C)C=C5)cc32)C1. The van der Waals surface area contributed by atoms with Gasteiger partial charge in [0.15, 0.2) is 0 Å². The number of fused-ring (bicyclic) bond motifs is 3. The summed E-state index contributed by atoms with van der Waals surface area (Å²) in [5.41, 5.74) is 5.82. The first-order valence-corrected chi connectivity index (χ1v) is 10.9. The molecule has 0 bridgehead atoms. The Hall–Kier alpha value is -2.63. The summed E-state index contributed by atoms with van der Waals surface area (Å²) in [5.74, 6) is 0.554.